The van der Waals surface area contributed by atoms with Crippen LogP contribution in [0.25, 0.3) is 10.9 Å². The minimum absolute atomic E-state index is 0.160. The molecule has 0 aliphatic carbocycles. The first-order valence-corrected chi connectivity index (χ1v) is 6.99. The number of nitro benzene ring substituents is 1. The topological polar surface area (TPSA) is 48.1 Å². The summed E-state index contributed by atoms with van der Waals surface area (Å²) in [6, 6.07) is 15.5. The number of non-ortho nitro benzene ring substituents is 1. The summed E-state index contributed by atoms with van der Waals surface area (Å²) in [5.41, 5.74) is 3.55. The summed E-state index contributed by atoms with van der Waals surface area (Å²) in [6.45, 7) is 2.85. The van der Waals surface area contributed by atoms with Crippen molar-refractivity contribution in [1.29, 1.82) is 0 Å². The van der Waals surface area contributed by atoms with Crippen LogP contribution in [0.5, 0.6) is 0 Å². The molecule has 0 amide bonds. The Morgan fingerprint density at radius 3 is 2.43 bits per heavy atom. The van der Waals surface area contributed by atoms with E-state index in [2.05, 4.69) is 31.2 Å². The molecule has 3 aromatic rings. The highest BCUT2D eigenvalue weighted by molar-refractivity contribution is 5.89. The van der Waals surface area contributed by atoms with Gasteiger partial charge >= 0.3 is 0 Å². The molecule has 106 valence electrons. The Hall–Kier alpha value is -2.62. The number of aromatic nitrogens is 1. The van der Waals surface area contributed by atoms with Crippen LogP contribution in [0.15, 0.2) is 54.7 Å². The first kappa shape index (κ1) is 13.4. The van der Waals surface area contributed by atoms with Crippen molar-refractivity contribution in [2.45, 2.75) is 19.9 Å². The van der Waals surface area contributed by atoms with Crippen LogP contribution in [0.2, 0.25) is 0 Å². The molecule has 2 aromatic carbocycles. The highest BCUT2D eigenvalue weighted by Gasteiger charge is 2.13. The maximum Gasteiger partial charge on any atom is 0.278 e. The summed E-state index contributed by atoms with van der Waals surface area (Å²) in [7, 11) is 0. The molecule has 0 aliphatic heterocycles. The molecule has 1 aromatic heterocycles. The SMILES string of the molecule is CCc1ccc(Cn2ccc3c([N+](=O)[O-])cccc32)cc1. The Morgan fingerprint density at radius 1 is 1.05 bits per heavy atom. The molecule has 0 saturated carbocycles. The van der Waals surface area contributed by atoms with Crippen LogP contribution >= 0.6 is 0 Å². The lowest BCUT2D eigenvalue weighted by atomic mass is 10.1. The summed E-state index contributed by atoms with van der Waals surface area (Å²) in [5, 5.41) is 11.7. The van der Waals surface area contributed by atoms with E-state index in [1.54, 1.807) is 12.1 Å². The van der Waals surface area contributed by atoms with Crippen molar-refractivity contribution in [1.82, 2.24) is 4.57 Å². The van der Waals surface area contributed by atoms with E-state index in [9.17, 15) is 10.1 Å². The Kier molecular flexibility index (Phi) is 3.44. The molecule has 0 aliphatic rings. The van der Waals surface area contributed by atoms with Crippen LogP contribution in [0.1, 0.15) is 18.1 Å². The van der Waals surface area contributed by atoms with E-state index in [0.29, 0.717) is 11.9 Å². The van der Waals surface area contributed by atoms with E-state index in [1.807, 2.05) is 22.9 Å². The molecule has 4 nitrogen and oxygen atoms in total. The molecule has 0 fully saturated rings. The van der Waals surface area contributed by atoms with Crippen molar-refractivity contribution in [2.75, 3.05) is 0 Å². The third-order valence-electron chi connectivity index (χ3n) is 3.77. The minimum atomic E-state index is -0.331. The molecular weight excluding hydrogens is 264 g/mol. The molecule has 0 radical (unpaired) electrons. The van der Waals surface area contributed by atoms with Crippen LogP contribution in [0.3, 0.4) is 0 Å². The summed E-state index contributed by atoms with van der Waals surface area (Å²) in [4.78, 5) is 10.7. The van der Waals surface area contributed by atoms with Crippen LogP contribution in [0, 0.1) is 10.1 Å². The summed E-state index contributed by atoms with van der Waals surface area (Å²) >= 11 is 0. The third kappa shape index (κ3) is 2.52. The summed E-state index contributed by atoms with van der Waals surface area (Å²) in [5.74, 6) is 0. The standard InChI is InChI=1S/C17H16N2O2/c1-2-13-6-8-14(9-7-13)12-18-11-10-15-16(18)4-3-5-17(15)19(20)21/h3-11H,2,12H2,1H3. The molecule has 21 heavy (non-hydrogen) atoms. The van der Waals surface area contributed by atoms with Crippen molar-refractivity contribution >= 4 is 16.6 Å². The second-order valence-electron chi connectivity index (χ2n) is 5.08. The molecule has 4 heteroatoms. The monoisotopic (exact) mass is 280 g/mol. The van der Waals surface area contributed by atoms with E-state index in [1.165, 1.54) is 11.1 Å². The number of benzene rings is 2. The first-order chi connectivity index (χ1) is 10.2. The van der Waals surface area contributed by atoms with Gasteiger partial charge in [-0.1, -0.05) is 37.3 Å². The van der Waals surface area contributed by atoms with Gasteiger partial charge in [-0.15, -0.1) is 0 Å². The Labute approximate surface area is 122 Å². The van der Waals surface area contributed by atoms with E-state index < -0.39 is 0 Å². The summed E-state index contributed by atoms with van der Waals surface area (Å²) in [6.07, 6.45) is 2.93. The van der Waals surface area contributed by atoms with Gasteiger partial charge < -0.3 is 4.57 Å². The van der Waals surface area contributed by atoms with Crippen molar-refractivity contribution in [2.24, 2.45) is 0 Å². The zero-order valence-corrected chi connectivity index (χ0v) is 11.8. The number of rotatable bonds is 4. The van der Waals surface area contributed by atoms with Crippen molar-refractivity contribution in [3.05, 3.63) is 76.0 Å². The molecule has 0 N–H and O–H groups in total. The minimum Gasteiger partial charge on any atom is -0.343 e. The number of aryl methyl sites for hydroxylation is 1. The second-order valence-corrected chi connectivity index (χ2v) is 5.08. The van der Waals surface area contributed by atoms with E-state index >= 15 is 0 Å². The van der Waals surface area contributed by atoms with Crippen LogP contribution in [-0.4, -0.2) is 9.49 Å². The maximum absolute atomic E-state index is 11.0. The van der Waals surface area contributed by atoms with Gasteiger partial charge in [0.25, 0.3) is 5.69 Å². The lowest BCUT2D eigenvalue weighted by Gasteiger charge is -2.06. The van der Waals surface area contributed by atoms with Gasteiger partial charge in [-0.25, -0.2) is 0 Å². The van der Waals surface area contributed by atoms with Gasteiger partial charge in [0.2, 0.25) is 0 Å². The Balaban J connectivity index is 1.97. The lowest BCUT2D eigenvalue weighted by molar-refractivity contribution is -0.383. The van der Waals surface area contributed by atoms with E-state index in [4.69, 9.17) is 0 Å². The van der Waals surface area contributed by atoms with Crippen molar-refractivity contribution < 1.29 is 4.92 Å². The number of fused-ring (bicyclic) bond motifs is 1. The first-order valence-electron chi connectivity index (χ1n) is 6.99. The van der Waals surface area contributed by atoms with Gasteiger partial charge in [0.1, 0.15) is 0 Å². The van der Waals surface area contributed by atoms with Gasteiger partial charge in [-0.2, -0.15) is 0 Å². The predicted molar refractivity (Wildman–Crippen MR) is 83.5 cm³/mol. The van der Waals surface area contributed by atoms with Gasteiger partial charge in [-0.05, 0) is 29.7 Å². The molecule has 3 rings (SSSR count). The van der Waals surface area contributed by atoms with Crippen LogP contribution < -0.4 is 0 Å². The third-order valence-corrected chi connectivity index (χ3v) is 3.77. The fourth-order valence-electron chi connectivity index (χ4n) is 2.58. The maximum atomic E-state index is 11.0. The van der Waals surface area contributed by atoms with Gasteiger partial charge in [0.05, 0.1) is 15.8 Å². The zero-order chi connectivity index (χ0) is 14.8. The predicted octanol–water partition coefficient (Wildman–Crippen LogP) is 4.16. The smallest absolute Gasteiger partial charge is 0.278 e. The normalized spacial score (nSPS) is 10.9. The molecule has 0 unspecified atom stereocenters. The van der Waals surface area contributed by atoms with Gasteiger partial charge in [0.15, 0.2) is 0 Å². The molecule has 0 saturated heterocycles. The average Bonchev–Trinajstić information content (AvgIpc) is 2.91. The average molecular weight is 280 g/mol. The van der Waals surface area contributed by atoms with Gasteiger partial charge in [-0.3, -0.25) is 10.1 Å². The number of nitrogens with zero attached hydrogens (tertiary/aromatic N) is 2. The highest BCUT2D eigenvalue weighted by Crippen LogP contribution is 2.26. The number of nitro groups is 1. The number of hydrogen-bond acceptors (Lipinski definition) is 2. The van der Waals surface area contributed by atoms with Gasteiger partial charge in [0, 0.05) is 18.8 Å². The zero-order valence-electron chi connectivity index (χ0n) is 11.8. The summed E-state index contributed by atoms with van der Waals surface area (Å²) < 4.78 is 2.04. The quantitative estimate of drug-likeness (QED) is 0.532. The molecule has 0 atom stereocenters. The lowest BCUT2D eigenvalue weighted by Crippen LogP contribution is -1.98. The number of hydrogen-bond donors (Lipinski definition) is 0. The second kappa shape index (κ2) is 5.40. The molecule has 1 heterocycles. The molecule has 0 spiro atoms. The van der Waals surface area contributed by atoms with Crippen LogP contribution in [-0.2, 0) is 13.0 Å². The van der Waals surface area contributed by atoms with Crippen LogP contribution in [0.4, 0.5) is 5.69 Å². The van der Waals surface area contributed by atoms with E-state index in [-0.39, 0.29) is 10.6 Å². The Bertz CT molecular complexity index is 788. The Morgan fingerprint density at radius 2 is 1.76 bits per heavy atom. The van der Waals surface area contributed by atoms with E-state index in [0.717, 1.165) is 11.9 Å². The van der Waals surface area contributed by atoms with Crippen molar-refractivity contribution in [3.8, 4) is 0 Å². The highest BCUT2D eigenvalue weighted by atomic mass is 16.6. The molecule has 0 bridgehead atoms. The van der Waals surface area contributed by atoms with Crippen molar-refractivity contribution in [3.63, 3.8) is 0 Å². The molecular formula is C17H16N2O2. The fourth-order valence-corrected chi connectivity index (χ4v) is 2.58. The fraction of sp³-hybridized carbons (Fsp3) is 0.176. The largest absolute Gasteiger partial charge is 0.343 e.